The van der Waals surface area contributed by atoms with Crippen LogP contribution >= 0.6 is 22.7 Å². The number of nitrogens with zero attached hydrogens (tertiary/aromatic N) is 10. The van der Waals surface area contributed by atoms with Crippen LogP contribution in [0.2, 0.25) is 0 Å². The van der Waals surface area contributed by atoms with Gasteiger partial charge >= 0.3 is 0 Å². The highest BCUT2D eigenvalue weighted by Crippen LogP contribution is 2.48. The third-order valence-corrected chi connectivity index (χ3v) is 22.2. The Morgan fingerprint density at radius 2 is 0.623 bits per heavy atom. The van der Waals surface area contributed by atoms with Gasteiger partial charge < -0.3 is 8.83 Å². The number of imidazole rings is 2. The second kappa shape index (κ2) is 25.0. The van der Waals surface area contributed by atoms with Gasteiger partial charge in [-0.05, 0) is 103 Å². The van der Waals surface area contributed by atoms with E-state index in [0.717, 1.165) is 174 Å². The van der Waals surface area contributed by atoms with Crippen LogP contribution in [0.4, 0.5) is 0 Å². The van der Waals surface area contributed by atoms with Gasteiger partial charge in [0.15, 0.2) is 34.9 Å². The molecule has 8 heterocycles. The number of hydrogen-bond acceptors (Lipinski definition) is 12. The Morgan fingerprint density at radius 1 is 0.245 bits per heavy atom. The van der Waals surface area contributed by atoms with Crippen molar-refractivity contribution in [1.29, 1.82) is 0 Å². The smallest absolute Gasteiger partial charge is 0.167 e. The summed E-state index contributed by atoms with van der Waals surface area (Å²) < 4.78 is 21.9. The molecule has 0 spiro atoms. The monoisotopic (exact) mass is 1390 g/mol. The van der Waals surface area contributed by atoms with Crippen LogP contribution in [0.25, 0.3) is 209 Å². The number of benzene rings is 14. The second-order valence-corrected chi connectivity index (χ2v) is 28.2. The van der Waals surface area contributed by atoms with Crippen molar-refractivity contribution in [1.82, 2.24) is 49.0 Å². The maximum absolute atomic E-state index is 6.46. The number of furan rings is 2. The molecule has 496 valence electrons. The van der Waals surface area contributed by atoms with Crippen molar-refractivity contribution >= 4 is 129 Å². The lowest BCUT2D eigenvalue weighted by molar-refractivity contribution is 0.669. The molecule has 14 aromatic carbocycles. The molecular formula is C92H54N10O2S2. The molecule has 0 saturated carbocycles. The van der Waals surface area contributed by atoms with Crippen LogP contribution in [-0.2, 0) is 0 Å². The van der Waals surface area contributed by atoms with Crippen molar-refractivity contribution in [3.8, 4) is 102 Å². The Hall–Kier alpha value is -13.9. The molecule has 0 aliphatic carbocycles. The van der Waals surface area contributed by atoms with Gasteiger partial charge in [0.05, 0.1) is 27.6 Å². The Kier molecular flexibility index (Phi) is 14.3. The van der Waals surface area contributed by atoms with Crippen molar-refractivity contribution < 1.29 is 8.83 Å². The number of hydrogen-bond donors (Lipinski definition) is 0. The number of para-hydroxylation sites is 9. The van der Waals surface area contributed by atoms with E-state index in [9.17, 15) is 0 Å². The fraction of sp³-hybridized carbons (Fsp3) is 0. The van der Waals surface area contributed by atoms with E-state index < -0.39 is 0 Å². The van der Waals surface area contributed by atoms with Gasteiger partial charge in [0.1, 0.15) is 34.0 Å². The minimum absolute atomic E-state index is 0.562. The van der Waals surface area contributed by atoms with Crippen molar-refractivity contribution in [2.24, 2.45) is 0 Å². The van der Waals surface area contributed by atoms with E-state index in [4.69, 9.17) is 48.7 Å². The topological polar surface area (TPSA) is 139 Å². The van der Waals surface area contributed by atoms with Crippen molar-refractivity contribution in [2.75, 3.05) is 0 Å². The first kappa shape index (κ1) is 60.8. The van der Waals surface area contributed by atoms with Gasteiger partial charge in [-0.15, -0.1) is 22.7 Å². The molecule has 0 aliphatic rings. The van der Waals surface area contributed by atoms with Gasteiger partial charge in [-0.2, -0.15) is 0 Å². The molecule has 22 rings (SSSR count). The third-order valence-electron chi connectivity index (χ3n) is 19.8. The fourth-order valence-corrected chi connectivity index (χ4v) is 17.4. The number of rotatable bonds is 10. The van der Waals surface area contributed by atoms with Gasteiger partial charge in [-0.3, -0.25) is 9.13 Å². The van der Waals surface area contributed by atoms with Crippen LogP contribution in [0.15, 0.2) is 336 Å². The molecule has 0 unspecified atom stereocenters. The van der Waals surface area contributed by atoms with Gasteiger partial charge in [-0.1, -0.05) is 224 Å². The van der Waals surface area contributed by atoms with Crippen LogP contribution in [0, 0.1) is 0 Å². The zero-order chi connectivity index (χ0) is 69.8. The summed E-state index contributed by atoms with van der Waals surface area (Å²) >= 11 is 3.55. The predicted octanol–water partition coefficient (Wildman–Crippen LogP) is 24.3. The molecule has 0 N–H and O–H groups in total. The Balaban J connectivity index is 0.000000136. The van der Waals surface area contributed by atoms with Crippen molar-refractivity contribution in [3.05, 3.63) is 328 Å². The Morgan fingerprint density at radius 3 is 1.16 bits per heavy atom. The maximum atomic E-state index is 6.46. The first-order valence-corrected chi connectivity index (χ1v) is 36.6. The van der Waals surface area contributed by atoms with E-state index in [0.29, 0.717) is 34.9 Å². The molecule has 0 amide bonds. The molecule has 22 aromatic rings. The molecule has 14 heteroatoms. The first-order valence-electron chi connectivity index (χ1n) is 35.0. The summed E-state index contributed by atoms with van der Waals surface area (Å²) in [6.45, 7) is 0. The average molecular weight is 1400 g/mol. The molecule has 0 radical (unpaired) electrons. The van der Waals surface area contributed by atoms with Crippen LogP contribution < -0.4 is 0 Å². The molecule has 12 nitrogen and oxygen atoms in total. The Labute approximate surface area is 612 Å². The summed E-state index contributed by atoms with van der Waals surface area (Å²) in [5.74, 6) is 5.41. The fourth-order valence-electron chi connectivity index (χ4n) is 15.0. The number of thiophene rings is 2. The van der Waals surface area contributed by atoms with Crippen LogP contribution in [0.5, 0.6) is 0 Å². The highest BCUT2D eigenvalue weighted by Gasteiger charge is 2.26. The lowest BCUT2D eigenvalue weighted by atomic mass is 10.0. The van der Waals surface area contributed by atoms with E-state index in [2.05, 4.69) is 197 Å². The van der Waals surface area contributed by atoms with Gasteiger partial charge in [0.25, 0.3) is 0 Å². The molecule has 8 aromatic heterocycles. The summed E-state index contributed by atoms with van der Waals surface area (Å²) in [6, 6.07) is 112. The highest BCUT2D eigenvalue weighted by molar-refractivity contribution is 7.27. The van der Waals surface area contributed by atoms with Crippen LogP contribution in [0.1, 0.15) is 0 Å². The van der Waals surface area contributed by atoms with E-state index in [1.165, 1.54) is 0 Å². The molecule has 0 aliphatic heterocycles. The SMILES string of the molecule is c1ccc(-c2nc(-c3ccc4c(c3)oc3ccccc34)nc(-c3cccc4sc5c(-c6nc7ccccc7n6-c6ccccc6)cccc5c34)n2)cc1.c1ccc(-c2nc(-c3cccc4c3oc3ccccc34)nc(-c3cccc4sc5c(-c6nc7ccccc7n6-c6ccccc6)cccc5c34)n2)cc1. The molecule has 0 saturated heterocycles. The maximum Gasteiger partial charge on any atom is 0.167 e. The molecule has 0 bridgehead atoms. The largest absolute Gasteiger partial charge is 0.456 e. The summed E-state index contributed by atoms with van der Waals surface area (Å²) in [4.78, 5) is 41.2. The zero-order valence-electron chi connectivity index (χ0n) is 56.3. The van der Waals surface area contributed by atoms with Crippen LogP contribution in [0.3, 0.4) is 0 Å². The Bertz CT molecular complexity index is 7230. The predicted molar refractivity (Wildman–Crippen MR) is 433 cm³/mol. The number of fused-ring (bicyclic) bond motifs is 14. The normalized spacial score (nSPS) is 11.8. The molecule has 0 atom stereocenters. The zero-order valence-corrected chi connectivity index (χ0v) is 57.9. The van der Waals surface area contributed by atoms with Crippen molar-refractivity contribution in [3.63, 3.8) is 0 Å². The minimum Gasteiger partial charge on any atom is -0.456 e. The van der Waals surface area contributed by atoms with Gasteiger partial charge in [0, 0.05) is 112 Å². The van der Waals surface area contributed by atoms with Gasteiger partial charge in [-0.25, -0.2) is 39.9 Å². The van der Waals surface area contributed by atoms with E-state index in [-0.39, 0.29) is 0 Å². The summed E-state index contributed by atoms with van der Waals surface area (Å²) in [7, 11) is 0. The summed E-state index contributed by atoms with van der Waals surface area (Å²) in [6.07, 6.45) is 0. The number of aromatic nitrogens is 10. The second-order valence-electron chi connectivity index (χ2n) is 26.1. The van der Waals surface area contributed by atoms with Crippen LogP contribution in [-0.4, -0.2) is 49.0 Å². The quantitative estimate of drug-likeness (QED) is 0.130. The lowest BCUT2D eigenvalue weighted by Gasteiger charge is -2.11. The standard InChI is InChI=1S/2C46H27N5OS/c1-3-14-28(15-4-1)43-48-44(50-45(49-43)34-22-11-19-31-30-18-7-10-26-38(30)52-41(31)34)33-21-13-27-39-40(33)32-20-12-23-35(42(32)53-39)46-47-36-24-8-9-25-37(36)51(46)29-16-5-2-6-17-29;1-3-13-28(14-4-1)43-48-44(29-25-26-32-31-17-7-10-23-38(31)52-39(32)27-29)50-45(49-43)34-19-12-24-40-41(34)33-18-11-20-35(42(33)53-40)46-47-36-21-8-9-22-37(36)51(46)30-15-5-2-6-16-30/h2*1-27H. The average Bonchev–Trinajstić information content (AvgIpc) is 1.57. The molecular weight excluding hydrogens is 1340 g/mol. The van der Waals surface area contributed by atoms with E-state index >= 15 is 0 Å². The third kappa shape index (κ3) is 10.2. The minimum atomic E-state index is 0.562. The molecule has 0 fully saturated rings. The highest BCUT2D eigenvalue weighted by atomic mass is 32.1. The lowest BCUT2D eigenvalue weighted by Crippen LogP contribution is -2.00. The van der Waals surface area contributed by atoms with Gasteiger partial charge in [0.2, 0.25) is 0 Å². The molecule has 106 heavy (non-hydrogen) atoms. The van der Waals surface area contributed by atoms with E-state index in [1.54, 1.807) is 22.7 Å². The summed E-state index contributed by atoms with van der Waals surface area (Å²) in [5, 5.41) is 8.73. The first-order chi connectivity index (χ1) is 52.5. The van der Waals surface area contributed by atoms with E-state index in [1.807, 2.05) is 140 Å². The summed E-state index contributed by atoms with van der Waals surface area (Å²) in [5.41, 5.74) is 17.0. The van der Waals surface area contributed by atoms with Crippen molar-refractivity contribution in [2.45, 2.75) is 0 Å².